The highest BCUT2D eigenvalue weighted by molar-refractivity contribution is 5.80. The number of nitrogens with zero attached hydrogens (tertiary/aromatic N) is 3. The van der Waals surface area contributed by atoms with E-state index in [1.54, 1.807) is 0 Å². The highest BCUT2D eigenvalue weighted by Crippen LogP contribution is 2.31. The summed E-state index contributed by atoms with van der Waals surface area (Å²) in [5.74, 6) is 0.486. The Kier molecular flexibility index (Phi) is 6.67. The van der Waals surface area contributed by atoms with Gasteiger partial charge in [0, 0.05) is 18.0 Å². The van der Waals surface area contributed by atoms with Crippen molar-refractivity contribution in [2.75, 3.05) is 19.7 Å². The normalized spacial score (nSPS) is 27.2. The Bertz CT molecular complexity index is 342. The zero-order valence-electron chi connectivity index (χ0n) is 11.9. The van der Waals surface area contributed by atoms with Crippen molar-refractivity contribution in [3.8, 4) is 0 Å². The summed E-state index contributed by atoms with van der Waals surface area (Å²) < 4.78 is 5.23. The van der Waals surface area contributed by atoms with E-state index < -0.39 is 5.54 Å². The van der Waals surface area contributed by atoms with Crippen LogP contribution in [0.1, 0.15) is 46.0 Å². The molecule has 6 heteroatoms. The smallest absolute Gasteiger partial charge is 0.326 e. The van der Waals surface area contributed by atoms with Crippen LogP contribution >= 0.6 is 0 Å². The fraction of sp³-hybridized carbons (Fsp3) is 0.923. The van der Waals surface area contributed by atoms with Crippen LogP contribution in [0.15, 0.2) is 5.11 Å². The first kappa shape index (κ1) is 15.8. The molecule has 0 amide bonds. The second-order valence-corrected chi connectivity index (χ2v) is 5.22. The number of rotatable bonds is 6. The maximum atomic E-state index is 12.3. The van der Waals surface area contributed by atoms with E-state index in [2.05, 4.69) is 22.3 Å². The maximum absolute atomic E-state index is 12.3. The molecule has 0 aliphatic heterocycles. The highest BCUT2D eigenvalue weighted by Gasteiger charge is 2.40. The van der Waals surface area contributed by atoms with E-state index in [9.17, 15) is 4.79 Å². The SMILES string of the molecule is CCOC(=O)C1(NCCN=[N+]=[N-])CCCC(C)CC1. The molecule has 0 saturated heterocycles. The van der Waals surface area contributed by atoms with Crippen LogP contribution < -0.4 is 5.32 Å². The summed E-state index contributed by atoms with van der Waals surface area (Å²) in [6, 6.07) is 0. The Labute approximate surface area is 114 Å². The van der Waals surface area contributed by atoms with Gasteiger partial charge >= 0.3 is 5.97 Å². The van der Waals surface area contributed by atoms with Gasteiger partial charge in [-0.2, -0.15) is 0 Å². The lowest BCUT2D eigenvalue weighted by atomic mass is 9.89. The topological polar surface area (TPSA) is 87.1 Å². The van der Waals surface area contributed by atoms with Crippen LogP contribution in [0.4, 0.5) is 0 Å². The minimum absolute atomic E-state index is 0.162. The Hall–Kier alpha value is -1.26. The van der Waals surface area contributed by atoms with Crippen LogP contribution in [-0.2, 0) is 9.53 Å². The van der Waals surface area contributed by atoms with Crippen LogP contribution in [0.2, 0.25) is 0 Å². The van der Waals surface area contributed by atoms with Crippen molar-refractivity contribution < 1.29 is 9.53 Å². The molecule has 0 heterocycles. The minimum atomic E-state index is -0.592. The zero-order valence-corrected chi connectivity index (χ0v) is 11.9. The average Bonchev–Trinajstić information content (AvgIpc) is 2.58. The van der Waals surface area contributed by atoms with Gasteiger partial charge in [0.1, 0.15) is 5.54 Å². The van der Waals surface area contributed by atoms with Gasteiger partial charge in [0.25, 0.3) is 0 Å². The Morgan fingerprint density at radius 1 is 1.53 bits per heavy atom. The van der Waals surface area contributed by atoms with E-state index in [1.807, 2.05) is 6.92 Å². The summed E-state index contributed by atoms with van der Waals surface area (Å²) in [4.78, 5) is 15.0. The zero-order chi connectivity index (χ0) is 14.1. The standard InChI is InChI=1S/C13H24N4O2/c1-3-19-12(18)13(15-9-10-16-17-14)7-4-5-11(2)6-8-13/h11,15H,3-10H2,1-2H3. The van der Waals surface area contributed by atoms with Gasteiger partial charge < -0.3 is 10.1 Å². The second kappa shape index (κ2) is 8.02. The van der Waals surface area contributed by atoms with Gasteiger partial charge in [0.2, 0.25) is 0 Å². The minimum Gasteiger partial charge on any atom is -0.465 e. The van der Waals surface area contributed by atoms with E-state index in [0.717, 1.165) is 32.1 Å². The summed E-state index contributed by atoms with van der Waals surface area (Å²) in [5.41, 5.74) is 7.69. The second-order valence-electron chi connectivity index (χ2n) is 5.22. The highest BCUT2D eigenvalue weighted by atomic mass is 16.5. The molecule has 1 aliphatic carbocycles. The third-order valence-electron chi connectivity index (χ3n) is 3.77. The van der Waals surface area contributed by atoms with Gasteiger partial charge in [0.15, 0.2) is 0 Å². The van der Waals surface area contributed by atoms with E-state index >= 15 is 0 Å². The van der Waals surface area contributed by atoms with Gasteiger partial charge in [-0.15, -0.1) is 0 Å². The van der Waals surface area contributed by atoms with E-state index in [4.69, 9.17) is 10.3 Å². The number of nitrogens with one attached hydrogen (secondary N) is 1. The summed E-state index contributed by atoms with van der Waals surface area (Å²) in [6.45, 7) is 5.31. The third kappa shape index (κ3) is 4.73. The number of azide groups is 1. The molecule has 1 rings (SSSR count). The first-order valence-corrected chi connectivity index (χ1v) is 7.07. The van der Waals surface area contributed by atoms with Gasteiger partial charge in [-0.1, -0.05) is 24.9 Å². The summed E-state index contributed by atoms with van der Waals surface area (Å²) in [6.07, 6.45) is 4.79. The summed E-state index contributed by atoms with van der Waals surface area (Å²) >= 11 is 0. The molecule has 1 aliphatic rings. The number of ether oxygens (including phenoxy) is 1. The molecule has 19 heavy (non-hydrogen) atoms. The predicted molar refractivity (Wildman–Crippen MR) is 73.6 cm³/mol. The predicted octanol–water partition coefficient (Wildman–Crippen LogP) is 2.79. The fourth-order valence-electron chi connectivity index (χ4n) is 2.63. The van der Waals surface area contributed by atoms with Crippen LogP contribution in [0, 0.1) is 5.92 Å². The van der Waals surface area contributed by atoms with E-state index in [-0.39, 0.29) is 5.97 Å². The van der Waals surface area contributed by atoms with Gasteiger partial charge in [0.05, 0.1) is 6.61 Å². The summed E-state index contributed by atoms with van der Waals surface area (Å²) in [5, 5.41) is 6.77. The average molecular weight is 268 g/mol. The Balaban J connectivity index is 2.70. The van der Waals surface area contributed by atoms with Crippen LogP contribution in [0.3, 0.4) is 0 Å². The molecule has 0 bridgehead atoms. The Morgan fingerprint density at radius 3 is 3.00 bits per heavy atom. The molecule has 0 spiro atoms. The number of esters is 1. The molecule has 1 N–H and O–H groups in total. The first-order chi connectivity index (χ1) is 9.14. The largest absolute Gasteiger partial charge is 0.465 e. The third-order valence-corrected chi connectivity index (χ3v) is 3.77. The van der Waals surface area contributed by atoms with Crippen molar-refractivity contribution in [3.05, 3.63) is 10.4 Å². The van der Waals surface area contributed by atoms with Crippen LogP contribution in [0.5, 0.6) is 0 Å². The molecule has 108 valence electrons. The van der Waals surface area contributed by atoms with Crippen molar-refractivity contribution in [2.24, 2.45) is 11.0 Å². The molecule has 0 aromatic rings. The lowest BCUT2D eigenvalue weighted by Gasteiger charge is -2.31. The molecular formula is C13H24N4O2. The molecule has 0 aromatic carbocycles. The molecule has 1 saturated carbocycles. The van der Waals surface area contributed by atoms with E-state index in [1.165, 1.54) is 0 Å². The van der Waals surface area contributed by atoms with Crippen molar-refractivity contribution in [2.45, 2.75) is 51.5 Å². The maximum Gasteiger partial charge on any atom is 0.326 e. The molecular weight excluding hydrogens is 244 g/mol. The first-order valence-electron chi connectivity index (χ1n) is 7.07. The molecule has 0 aromatic heterocycles. The van der Waals surface area contributed by atoms with Crippen molar-refractivity contribution in [1.82, 2.24) is 5.32 Å². The lowest BCUT2D eigenvalue weighted by molar-refractivity contribution is -0.152. The van der Waals surface area contributed by atoms with Crippen LogP contribution in [0.25, 0.3) is 10.4 Å². The van der Waals surface area contributed by atoms with Crippen molar-refractivity contribution >= 4 is 5.97 Å². The van der Waals surface area contributed by atoms with Crippen molar-refractivity contribution in [1.29, 1.82) is 0 Å². The fourth-order valence-corrected chi connectivity index (χ4v) is 2.63. The van der Waals surface area contributed by atoms with Gasteiger partial charge in [-0.25, -0.2) is 0 Å². The summed E-state index contributed by atoms with van der Waals surface area (Å²) in [7, 11) is 0. The molecule has 2 unspecified atom stereocenters. The Morgan fingerprint density at radius 2 is 2.32 bits per heavy atom. The molecule has 1 fully saturated rings. The van der Waals surface area contributed by atoms with Crippen LogP contribution in [-0.4, -0.2) is 31.2 Å². The van der Waals surface area contributed by atoms with Crippen molar-refractivity contribution in [3.63, 3.8) is 0 Å². The molecule has 0 radical (unpaired) electrons. The monoisotopic (exact) mass is 268 g/mol. The molecule has 6 nitrogen and oxygen atoms in total. The number of hydrogen-bond acceptors (Lipinski definition) is 4. The number of hydrogen-bond donors (Lipinski definition) is 1. The molecule has 2 atom stereocenters. The van der Waals surface area contributed by atoms with Gasteiger partial charge in [-0.05, 0) is 37.6 Å². The van der Waals surface area contributed by atoms with E-state index in [0.29, 0.717) is 25.6 Å². The van der Waals surface area contributed by atoms with Gasteiger partial charge in [-0.3, -0.25) is 4.79 Å². The quantitative estimate of drug-likeness (QED) is 0.201. The number of carbonyl (C=O) groups is 1. The number of carbonyl (C=O) groups excluding carboxylic acids is 1. The lowest BCUT2D eigenvalue weighted by Crippen LogP contribution is -2.53.